The summed E-state index contributed by atoms with van der Waals surface area (Å²) in [6.07, 6.45) is 1.73. The van der Waals surface area contributed by atoms with E-state index in [1.165, 1.54) is 0 Å². The quantitative estimate of drug-likeness (QED) is 0.645. The van der Waals surface area contributed by atoms with Crippen LogP contribution < -0.4 is 15.2 Å². The second-order valence-corrected chi connectivity index (χ2v) is 4.37. The average Bonchev–Trinajstić information content (AvgIpc) is 2.46. The fraction of sp³-hybridized carbons (Fsp3) is 0.200. The zero-order valence-corrected chi connectivity index (χ0v) is 11.5. The Labute approximate surface area is 117 Å². The van der Waals surface area contributed by atoms with Crippen LogP contribution in [0.5, 0.6) is 11.5 Å². The number of methoxy groups -OCH3 is 1. The molecule has 0 fully saturated rings. The van der Waals surface area contributed by atoms with Crippen molar-refractivity contribution >= 4 is 5.84 Å². The molecule has 0 saturated heterocycles. The summed E-state index contributed by atoms with van der Waals surface area (Å²) in [5.41, 5.74) is 8.01. The van der Waals surface area contributed by atoms with Crippen LogP contribution in [0.15, 0.2) is 36.5 Å². The Bertz CT molecular complexity index is 626. The third kappa shape index (κ3) is 3.26. The van der Waals surface area contributed by atoms with E-state index in [1.807, 2.05) is 19.1 Å². The maximum atomic E-state index is 7.49. The molecule has 1 aromatic carbocycles. The van der Waals surface area contributed by atoms with Crippen LogP contribution in [0.4, 0.5) is 0 Å². The van der Waals surface area contributed by atoms with Gasteiger partial charge in [0.1, 0.15) is 23.9 Å². The molecule has 0 bridgehead atoms. The molecule has 104 valence electrons. The number of nitrogens with two attached hydrogens (primary N) is 1. The zero-order chi connectivity index (χ0) is 14.5. The van der Waals surface area contributed by atoms with Gasteiger partial charge in [-0.3, -0.25) is 10.4 Å². The van der Waals surface area contributed by atoms with E-state index in [1.54, 1.807) is 31.5 Å². The number of nitrogen functional groups attached to an aromatic ring is 1. The maximum absolute atomic E-state index is 7.49. The van der Waals surface area contributed by atoms with E-state index in [2.05, 4.69) is 4.98 Å². The number of hydrogen-bond acceptors (Lipinski definition) is 4. The first-order valence-corrected chi connectivity index (χ1v) is 6.17. The molecule has 5 heteroatoms. The Kier molecular flexibility index (Phi) is 4.20. The van der Waals surface area contributed by atoms with Crippen molar-refractivity contribution in [2.75, 3.05) is 7.11 Å². The van der Waals surface area contributed by atoms with Crippen molar-refractivity contribution in [3.05, 3.63) is 53.3 Å². The Hall–Kier alpha value is -2.56. The Morgan fingerprint density at radius 3 is 2.70 bits per heavy atom. The van der Waals surface area contributed by atoms with Crippen LogP contribution in [0.25, 0.3) is 0 Å². The molecule has 0 amide bonds. The van der Waals surface area contributed by atoms with E-state index in [0.29, 0.717) is 23.7 Å². The number of pyridine rings is 1. The minimum absolute atomic E-state index is 0.0252. The number of aromatic nitrogens is 1. The van der Waals surface area contributed by atoms with Crippen LogP contribution in [0.2, 0.25) is 0 Å². The van der Waals surface area contributed by atoms with Crippen LogP contribution in [0, 0.1) is 12.3 Å². The first kappa shape index (κ1) is 13.9. The van der Waals surface area contributed by atoms with E-state index in [9.17, 15) is 0 Å². The molecule has 2 rings (SSSR count). The smallest absolute Gasteiger partial charge is 0.130 e. The van der Waals surface area contributed by atoms with Crippen molar-refractivity contribution in [3.63, 3.8) is 0 Å². The minimum atomic E-state index is -0.0252. The molecule has 0 atom stereocenters. The van der Waals surface area contributed by atoms with E-state index in [4.69, 9.17) is 20.6 Å². The summed E-state index contributed by atoms with van der Waals surface area (Å²) in [7, 11) is 1.56. The lowest BCUT2D eigenvalue weighted by Gasteiger charge is -2.11. The third-order valence-electron chi connectivity index (χ3n) is 2.92. The monoisotopic (exact) mass is 271 g/mol. The summed E-state index contributed by atoms with van der Waals surface area (Å²) in [6.45, 7) is 2.34. The summed E-state index contributed by atoms with van der Waals surface area (Å²) in [5, 5.41) is 7.49. The molecule has 0 aliphatic carbocycles. The second kappa shape index (κ2) is 6.06. The van der Waals surface area contributed by atoms with Gasteiger partial charge in [0.25, 0.3) is 0 Å². The molecule has 3 N–H and O–H groups in total. The third-order valence-corrected chi connectivity index (χ3v) is 2.92. The van der Waals surface area contributed by atoms with Crippen LogP contribution in [0.1, 0.15) is 16.8 Å². The van der Waals surface area contributed by atoms with Crippen molar-refractivity contribution in [2.24, 2.45) is 5.73 Å². The molecule has 20 heavy (non-hydrogen) atoms. The van der Waals surface area contributed by atoms with Crippen molar-refractivity contribution < 1.29 is 9.47 Å². The summed E-state index contributed by atoms with van der Waals surface area (Å²) in [6, 6.07) is 9.03. The number of ether oxygens (including phenoxy) is 2. The second-order valence-electron chi connectivity index (χ2n) is 4.37. The molecule has 0 radical (unpaired) electrons. The zero-order valence-electron chi connectivity index (χ0n) is 11.5. The molecule has 0 aliphatic heterocycles. The van der Waals surface area contributed by atoms with E-state index in [0.717, 1.165) is 11.3 Å². The normalized spacial score (nSPS) is 10.1. The number of nitrogens with one attached hydrogen (secondary N) is 1. The number of hydrogen-bond donors (Lipinski definition) is 2. The van der Waals surface area contributed by atoms with Gasteiger partial charge in [0.05, 0.1) is 12.8 Å². The summed E-state index contributed by atoms with van der Waals surface area (Å²) < 4.78 is 10.9. The molecule has 2 aromatic rings. The Balaban J connectivity index is 2.19. The molecule has 5 nitrogen and oxygen atoms in total. The van der Waals surface area contributed by atoms with Crippen molar-refractivity contribution in [2.45, 2.75) is 13.5 Å². The topological polar surface area (TPSA) is 81.2 Å². The highest BCUT2D eigenvalue weighted by atomic mass is 16.5. The standard InChI is InChI=1S/C15H17N3O2/c1-10-4-3-5-18-14(10)9-20-13-7-11(15(16)17)6-12(8-13)19-2/h3-8H,9H2,1-2H3,(H3,16,17). The Morgan fingerprint density at radius 1 is 1.30 bits per heavy atom. The van der Waals surface area contributed by atoms with Crippen molar-refractivity contribution in [1.29, 1.82) is 5.41 Å². The number of rotatable bonds is 5. The molecule has 0 aliphatic rings. The van der Waals surface area contributed by atoms with Crippen molar-refractivity contribution in [1.82, 2.24) is 4.98 Å². The van der Waals surface area contributed by atoms with E-state index in [-0.39, 0.29) is 5.84 Å². The highest BCUT2D eigenvalue weighted by Crippen LogP contribution is 2.23. The van der Waals surface area contributed by atoms with Gasteiger partial charge in [-0.05, 0) is 30.7 Å². The lowest BCUT2D eigenvalue weighted by Crippen LogP contribution is -2.11. The van der Waals surface area contributed by atoms with Gasteiger partial charge in [-0.1, -0.05) is 6.07 Å². The minimum Gasteiger partial charge on any atom is -0.497 e. The van der Waals surface area contributed by atoms with Crippen LogP contribution in [-0.4, -0.2) is 17.9 Å². The van der Waals surface area contributed by atoms with Crippen LogP contribution in [0.3, 0.4) is 0 Å². The summed E-state index contributed by atoms with van der Waals surface area (Å²) in [5.74, 6) is 1.17. The van der Waals surface area contributed by atoms with Gasteiger partial charge in [0, 0.05) is 17.8 Å². The molecule has 1 aromatic heterocycles. The highest BCUT2D eigenvalue weighted by molar-refractivity contribution is 5.95. The predicted molar refractivity (Wildman–Crippen MR) is 77.3 cm³/mol. The van der Waals surface area contributed by atoms with Crippen molar-refractivity contribution in [3.8, 4) is 11.5 Å². The number of nitrogens with zero attached hydrogens (tertiary/aromatic N) is 1. The maximum Gasteiger partial charge on any atom is 0.130 e. The molecule has 0 unspecified atom stereocenters. The van der Waals surface area contributed by atoms with Gasteiger partial charge >= 0.3 is 0 Å². The lowest BCUT2D eigenvalue weighted by molar-refractivity contribution is 0.298. The SMILES string of the molecule is COc1cc(OCc2ncccc2C)cc(C(=N)N)c1. The number of amidine groups is 1. The van der Waals surface area contributed by atoms with Crippen LogP contribution in [-0.2, 0) is 6.61 Å². The van der Waals surface area contributed by atoms with E-state index >= 15 is 0 Å². The van der Waals surface area contributed by atoms with Gasteiger partial charge in [0.2, 0.25) is 0 Å². The number of benzene rings is 1. The molecular formula is C15H17N3O2. The Morgan fingerprint density at radius 2 is 2.05 bits per heavy atom. The molecule has 0 saturated carbocycles. The van der Waals surface area contributed by atoms with E-state index < -0.39 is 0 Å². The molecular weight excluding hydrogens is 254 g/mol. The lowest BCUT2D eigenvalue weighted by atomic mass is 10.2. The fourth-order valence-electron chi connectivity index (χ4n) is 1.75. The first-order chi connectivity index (χ1) is 9.60. The van der Waals surface area contributed by atoms with Gasteiger partial charge < -0.3 is 15.2 Å². The summed E-state index contributed by atoms with van der Waals surface area (Å²) in [4.78, 5) is 4.27. The van der Waals surface area contributed by atoms with Crippen LogP contribution >= 0.6 is 0 Å². The average molecular weight is 271 g/mol. The molecule has 0 spiro atoms. The van der Waals surface area contributed by atoms with Gasteiger partial charge in [0.15, 0.2) is 0 Å². The largest absolute Gasteiger partial charge is 0.497 e. The van der Waals surface area contributed by atoms with Gasteiger partial charge in [-0.15, -0.1) is 0 Å². The van der Waals surface area contributed by atoms with Gasteiger partial charge in [-0.25, -0.2) is 0 Å². The fourth-order valence-corrected chi connectivity index (χ4v) is 1.75. The highest BCUT2D eigenvalue weighted by Gasteiger charge is 2.06. The number of aryl methyl sites for hydroxylation is 1. The predicted octanol–water partition coefficient (Wildman–Crippen LogP) is 2.26. The van der Waals surface area contributed by atoms with Gasteiger partial charge in [-0.2, -0.15) is 0 Å². The summed E-state index contributed by atoms with van der Waals surface area (Å²) >= 11 is 0. The molecule has 1 heterocycles. The first-order valence-electron chi connectivity index (χ1n) is 6.17.